The predicted octanol–water partition coefficient (Wildman–Crippen LogP) is 0.0135. The van der Waals surface area contributed by atoms with E-state index >= 15 is 0 Å². The number of hydrogen-bond donors (Lipinski definition) is 0. The van der Waals surface area contributed by atoms with Crippen LogP contribution in [0.5, 0.6) is 0 Å². The van der Waals surface area contributed by atoms with Gasteiger partial charge < -0.3 is 4.65 Å². The summed E-state index contributed by atoms with van der Waals surface area (Å²) in [5.41, 5.74) is 0. The molecule has 3 heteroatoms. The third kappa shape index (κ3) is 1.95. The second-order valence-electron chi connectivity index (χ2n) is 0.276. The van der Waals surface area contributed by atoms with E-state index in [1.54, 1.807) is 0 Å². The van der Waals surface area contributed by atoms with Gasteiger partial charge in [0.2, 0.25) is 0 Å². The molecule has 0 spiro atoms. The summed E-state index contributed by atoms with van der Waals surface area (Å²) in [6, 6.07) is 0. The molecule has 0 aromatic heterocycles. The van der Waals surface area contributed by atoms with Crippen LogP contribution in [0.25, 0.3) is 0 Å². The standard InChI is InChI=1S/CH2BFO/c2-4-1-3/h1H2. The predicted molar refractivity (Wildman–Crippen MR) is 12.8 cm³/mol. The number of rotatable bonds is 1. The lowest BCUT2D eigenvalue weighted by molar-refractivity contribution is 0.208. The Morgan fingerprint density at radius 2 is 2.25 bits per heavy atom. The van der Waals surface area contributed by atoms with Gasteiger partial charge in [0, 0.05) is 0 Å². The molecule has 4 heavy (non-hydrogen) atoms. The Kier molecular flexibility index (Phi) is 2.92. The minimum atomic E-state index is -0.903. The van der Waals surface area contributed by atoms with Gasteiger partial charge in [-0.3, -0.25) is 0 Å². The molecule has 0 atom stereocenters. The number of alkyl halides is 1. The molecule has 22 valence electrons. The van der Waals surface area contributed by atoms with E-state index in [1.165, 1.54) is 0 Å². The highest BCUT2D eigenvalue weighted by molar-refractivity contribution is 5.97. The van der Waals surface area contributed by atoms with E-state index < -0.39 is 6.86 Å². The number of hydrogen-bond acceptors (Lipinski definition) is 1. The van der Waals surface area contributed by atoms with Crippen molar-refractivity contribution >= 4 is 8.05 Å². The van der Waals surface area contributed by atoms with Crippen LogP contribution in [-0.2, 0) is 4.65 Å². The Labute approximate surface area is 25.2 Å². The van der Waals surface area contributed by atoms with Gasteiger partial charge in [-0.15, -0.1) is 0 Å². The molecular weight excluding hydrogens is 57.8 g/mol. The Morgan fingerprint density at radius 3 is 2.25 bits per heavy atom. The maximum atomic E-state index is 10.4. The van der Waals surface area contributed by atoms with Gasteiger partial charge in [-0.1, -0.05) is 0 Å². The average molecular weight is 59.8 g/mol. The molecule has 0 aliphatic carbocycles. The second-order valence-corrected chi connectivity index (χ2v) is 0.276. The van der Waals surface area contributed by atoms with E-state index in [4.69, 9.17) is 0 Å². The maximum absolute atomic E-state index is 10.4. The lowest BCUT2D eigenvalue weighted by Gasteiger charge is -1.73. The van der Waals surface area contributed by atoms with Crippen molar-refractivity contribution in [2.45, 2.75) is 0 Å². The zero-order valence-electron chi connectivity index (χ0n) is 2.07. The molecule has 2 radical (unpaired) electrons. The quantitative estimate of drug-likeness (QED) is 0.387. The minimum Gasteiger partial charge on any atom is -0.423 e. The molecule has 0 bridgehead atoms. The lowest BCUT2D eigenvalue weighted by Crippen LogP contribution is -1.74. The molecule has 0 unspecified atom stereocenters. The van der Waals surface area contributed by atoms with E-state index in [0.717, 1.165) is 0 Å². The Hall–Kier alpha value is -0.0451. The van der Waals surface area contributed by atoms with Gasteiger partial charge >= 0.3 is 0 Å². The van der Waals surface area contributed by atoms with Gasteiger partial charge in [0.1, 0.15) is 0 Å². The van der Waals surface area contributed by atoms with E-state index in [9.17, 15) is 4.39 Å². The van der Waals surface area contributed by atoms with Crippen LogP contribution in [-0.4, -0.2) is 14.9 Å². The second kappa shape index (κ2) is 2.95. The highest BCUT2D eigenvalue weighted by Crippen LogP contribution is 1.57. The van der Waals surface area contributed by atoms with Crippen LogP contribution < -0.4 is 0 Å². The molecule has 1 nitrogen and oxygen atoms in total. The summed E-state index contributed by atoms with van der Waals surface area (Å²) in [4.78, 5) is 0. The van der Waals surface area contributed by atoms with E-state index in [2.05, 4.69) is 12.7 Å². The molecule has 0 saturated heterocycles. The van der Waals surface area contributed by atoms with Crippen molar-refractivity contribution < 1.29 is 9.04 Å². The van der Waals surface area contributed by atoms with Crippen molar-refractivity contribution in [3.05, 3.63) is 0 Å². The smallest absolute Gasteiger partial charge is 0.286 e. The Morgan fingerprint density at radius 1 is 2.00 bits per heavy atom. The maximum Gasteiger partial charge on any atom is 0.286 e. The molecule has 0 fully saturated rings. The third-order valence-electron chi connectivity index (χ3n) is 0.0630. The molecule has 0 aliphatic heterocycles. The van der Waals surface area contributed by atoms with Gasteiger partial charge in [0.05, 0.1) is 0 Å². The highest BCUT2D eigenvalue weighted by atomic mass is 19.1. The first kappa shape index (κ1) is 3.95. The molecule has 0 saturated carbocycles. The van der Waals surface area contributed by atoms with Crippen LogP contribution in [0.15, 0.2) is 0 Å². The highest BCUT2D eigenvalue weighted by Gasteiger charge is 1.57. The van der Waals surface area contributed by atoms with Crippen molar-refractivity contribution in [2.24, 2.45) is 0 Å². The summed E-state index contributed by atoms with van der Waals surface area (Å²) in [6.07, 6.45) is 0. The topological polar surface area (TPSA) is 9.23 Å². The van der Waals surface area contributed by atoms with Crippen molar-refractivity contribution in [2.75, 3.05) is 6.86 Å². The van der Waals surface area contributed by atoms with E-state index in [-0.39, 0.29) is 0 Å². The first-order valence-corrected chi connectivity index (χ1v) is 0.792. The Bertz CT molecular complexity index is 10.0. The van der Waals surface area contributed by atoms with Crippen LogP contribution >= 0.6 is 0 Å². The monoisotopic (exact) mass is 60.0 g/mol. The van der Waals surface area contributed by atoms with Crippen LogP contribution in [0.4, 0.5) is 4.39 Å². The fourth-order valence-corrected chi connectivity index (χ4v) is 0. The molecular formula is CH2BFO. The normalized spacial score (nSPS) is 7.25. The summed E-state index contributed by atoms with van der Waals surface area (Å²) in [6.45, 7) is -0.903. The molecule has 0 aromatic carbocycles. The fourth-order valence-electron chi connectivity index (χ4n) is 0. The van der Waals surface area contributed by atoms with Crippen molar-refractivity contribution in [1.29, 1.82) is 0 Å². The largest absolute Gasteiger partial charge is 0.423 e. The molecule has 0 N–H and O–H groups in total. The minimum absolute atomic E-state index is 0.903. The van der Waals surface area contributed by atoms with Gasteiger partial charge in [-0.2, -0.15) is 0 Å². The van der Waals surface area contributed by atoms with E-state index in [0.29, 0.717) is 0 Å². The van der Waals surface area contributed by atoms with Crippen molar-refractivity contribution in [1.82, 2.24) is 0 Å². The zero-order chi connectivity index (χ0) is 3.41. The summed E-state index contributed by atoms with van der Waals surface area (Å²) < 4.78 is 13.8. The van der Waals surface area contributed by atoms with Crippen LogP contribution in [0.1, 0.15) is 0 Å². The van der Waals surface area contributed by atoms with Gasteiger partial charge in [-0.05, 0) is 0 Å². The van der Waals surface area contributed by atoms with Gasteiger partial charge in [0.15, 0.2) is 6.86 Å². The van der Waals surface area contributed by atoms with Gasteiger partial charge in [-0.25, -0.2) is 4.39 Å². The molecule has 0 aliphatic rings. The van der Waals surface area contributed by atoms with Gasteiger partial charge in [0.25, 0.3) is 8.05 Å². The van der Waals surface area contributed by atoms with Crippen LogP contribution in [0.2, 0.25) is 0 Å². The number of halogens is 1. The summed E-state index contributed by atoms with van der Waals surface area (Å²) in [7, 11) is 4.15. The molecule has 0 rings (SSSR count). The van der Waals surface area contributed by atoms with E-state index in [1.807, 2.05) is 0 Å². The summed E-state index contributed by atoms with van der Waals surface area (Å²) in [5.74, 6) is 0. The zero-order valence-corrected chi connectivity index (χ0v) is 2.07. The average Bonchev–Trinajstić information content (AvgIpc) is 1.37. The first-order valence-electron chi connectivity index (χ1n) is 0.792. The fraction of sp³-hybridized carbons (Fsp3) is 1.00. The van der Waals surface area contributed by atoms with Crippen molar-refractivity contribution in [3.8, 4) is 0 Å². The SMILES string of the molecule is [B]OCF. The first-order chi connectivity index (χ1) is 1.91. The third-order valence-corrected chi connectivity index (χ3v) is 0.0630. The molecule has 0 heterocycles. The van der Waals surface area contributed by atoms with Crippen LogP contribution in [0, 0.1) is 0 Å². The summed E-state index contributed by atoms with van der Waals surface area (Å²) in [5, 5.41) is 0. The Balaban J connectivity index is 1.97. The molecule has 0 amide bonds. The lowest BCUT2D eigenvalue weighted by atomic mass is 10.6. The van der Waals surface area contributed by atoms with Crippen molar-refractivity contribution in [3.63, 3.8) is 0 Å². The molecule has 0 aromatic rings. The van der Waals surface area contributed by atoms with Crippen LogP contribution in [0.3, 0.4) is 0 Å². The summed E-state index contributed by atoms with van der Waals surface area (Å²) >= 11 is 0.